The molecule has 0 aliphatic carbocycles. The SMILES string of the molecule is CCCCC(NC(=O)Cc1ccc(OCC(C)(C)C(=O)O)cc1)c1ccccc1N1CCCCC1. The molecule has 1 saturated heterocycles. The normalized spacial score (nSPS) is 14.9. The van der Waals surface area contributed by atoms with Gasteiger partial charge in [-0.25, -0.2) is 0 Å². The minimum Gasteiger partial charge on any atom is -0.492 e. The molecule has 6 heteroatoms. The van der Waals surface area contributed by atoms with Crippen LogP contribution in [0.1, 0.15) is 76.5 Å². The topological polar surface area (TPSA) is 78.9 Å². The fourth-order valence-corrected chi connectivity index (χ4v) is 4.38. The molecule has 1 aliphatic heterocycles. The van der Waals surface area contributed by atoms with Crippen molar-refractivity contribution in [1.82, 2.24) is 5.32 Å². The number of carbonyl (C=O) groups excluding carboxylic acids is 1. The van der Waals surface area contributed by atoms with Crippen molar-refractivity contribution in [3.8, 4) is 5.75 Å². The fourth-order valence-electron chi connectivity index (χ4n) is 4.38. The molecule has 35 heavy (non-hydrogen) atoms. The van der Waals surface area contributed by atoms with E-state index in [1.54, 1.807) is 26.0 Å². The van der Waals surface area contributed by atoms with E-state index in [2.05, 4.69) is 41.4 Å². The zero-order chi connectivity index (χ0) is 25.3. The Bertz CT molecular complexity index is 965. The molecule has 190 valence electrons. The Kier molecular flexibility index (Phi) is 9.58. The van der Waals surface area contributed by atoms with Crippen LogP contribution in [0.3, 0.4) is 0 Å². The molecule has 1 heterocycles. The number of benzene rings is 2. The molecule has 0 bridgehead atoms. The summed E-state index contributed by atoms with van der Waals surface area (Å²) in [5, 5.41) is 12.5. The van der Waals surface area contributed by atoms with Gasteiger partial charge in [0.15, 0.2) is 0 Å². The van der Waals surface area contributed by atoms with Crippen molar-refractivity contribution in [2.24, 2.45) is 5.41 Å². The quantitative estimate of drug-likeness (QED) is 0.404. The molecular weight excluding hydrogens is 440 g/mol. The van der Waals surface area contributed by atoms with Crippen molar-refractivity contribution in [1.29, 1.82) is 0 Å². The largest absolute Gasteiger partial charge is 0.492 e. The molecule has 1 unspecified atom stereocenters. The third-order valence-electron chi connectivity index (χ3n) is 6.66. The highest BCUT2D eigenvalue weighted by atomic mass is 16.5. The van der Waals surface area contributed by atoms with Crippen LogP contribution in [0.25, 0.3) is 0 Å². The number of unbranched alkanes of at least 4 members (excludes halogenated alkanes) is 1. The first-order chi connectivity index (χ1) is 16.8. The van der Waals surface area contributed by atoms with Gasteiger partial charge in [-0.15, -0.1) is 0 Å². The Balaban J connectivity index is 1.65. The summed E-state index contributed by atoms with van der Waals surface area (Å²) >= 11 is 0. The van der Waals surface area contributed by atoms with Crippen molar-refractivity contribution in [3.05, 3.63) is 59.7 Å². The van der Waals surface area contributed by atoms with E-state index < -0.39 is 11.4 Å². The van der Waals surface area contributed by atoms with Gasteiger partial charge < -0.3 is 20.1 Å². The Morgan fingerprint density at radius 1 is 1.06 bits per heavy atom. The van der Waals surface area contributed by atoms with Crippen LogP contribution in [0.15, 0.2) is 48.5 Å². The monoisotopic (exact) mass is 480 g/mol. The van der Waals surface area contributed by atoms with Crippen molar-refractivity contribution >= 4 is 17.6 Å². The van der Waals surface area contributed by atoms with Crippen molar-refractivity contribution in [3.63, 3.8) is 0 Å². The van der Waals surface area contributed by atoms with Gasteiger partial charge in [-0.1, -0.05) is 50.1 Å². The summed E-state index contributed by atoms with van der Waals surface area (Å²) in [7, 11) is 0. The van der Waals surface area contributed by atoms with E-state index in [-0.39, 0.29) is 25.0 Å². The van der Waals surface area contributed by atoms with E-state index in [1.165, 1.54) is 30.5 Å². The van der Waals surface area contributed by atoms with Crippen LogP contribution >= 0.6 is 0 Å². The lowest BCUT2D eigenvalue weighted by Crippen LogP contribution is -2.34. The Morgan fingerprint density at radius 3 is 2.40 bits per heavy atom. The molecule has 0 radical (unpaired) electrons. The summed E-state index contributed by atoms with van der Waals surface area (Å²) in [6, 6.07) is 15.8. The average Bonchev–Trinajstić information content (AvgIpc) is 2.86. The molecule has 1 aliphatic rings. The van der Waals surface area contributed by atoms with Gasteiger partial charge in [-0.2, -0.15) is 0 Å². The van der Waals surface area contributed by atoms with Gasteiger partial charge in [-0.3, -0.25) is 9.59 Å². The van der Waals surface area contributed by atoms with Gasteiger partial charge in [0.05, 0.1) is 17.9 Å². The summed E-state index contributed by atoms with van der Waals surface area (Å²) in [5.74, 6) is -0.301. The Morgan fingerprint density at radius 2 is 1.74 bits per heavy atom. The molecule has 2 aromatic carbocycles. The number of nitrogens with zero attached hydrogens (tertiary/aromatic N) is 1. The predicted molar refractivity (Wildman–Crippen MR) is 140 cm³/mol. The van der Waals surface area contributed by atoms with Crippen LogP contribution in [-0.4, -0.2) is 36.7 Å². The Hall–Kier alpha value is -3.02. The number of aliphatic carboxylic acids is 1. The van der Waals surface area contributed by atoms with Gasteiger partial charge in [0.2, 0.25) is 5.91 Å². The van der Waals surface area contributed by atoms with Crippen molar-refractivity contribution in [2.75, 3.05) is 24.6 Å². The number of anilines is 1. The number of amides is 1. The number of ether oxygens (including phenoxy) is 1. The van der Waals surface area contributed by atoms with E-state index in [0.717, 1.165) is 37.9 Å². The zero-order valence-electron chi connectivity index (χ0n) is 21.4. The number of para-hydroxylation sites is 1. The van der Waals surface area contributed by atoms with E-state index in [9.17, 15) is 14.7 Å². The van der Waals surface area contributed by atoms with Gasteiger partial charge in [-0.05, 0) is 68.9 Å². The van der Waals surface area contributed by atoms with Crippen LogP contribution in [-0.2, 0) is 16.0 Å². The number of piperidine rings is 1. The molecule has 1 fully saturated rings. The maximum atomic E-state index is 13.0. The molecule has 0 spiro atoms. The molecule has 2 N–H and O–H groups in total. The van der Waals surface area contributed by atoms with Gasteiger partial charge in [0, 0.05) is 18.8 Å². The lowest BCUT2D eigenvalue weighted by Gasteiger charge is -2.33. The second-order valence-electron chi connectivity index (χ2n) is 10.2. The summed E-state index contributed by atoms with van der Waals surface area (Å²) in [4.78, 5) is 26.8. The average molecular weight is 481 g/mol. The fraction of sp³-hybridized carbons (Fsp3) is 0.517. The molecular formula is C29H40N2O4. The van der Waals surface area contributed by atoms with Gasteiger partial charge in [0.25, 0.3) is 0 Å². The lowest BCUT2D eigenvalue weighted by atomic mass is 9.95. The van der Waals surface area contributed by atoms with E-state index in [1.807, 2.05) is 12.1 Å². The molecule has 0 aromatic heterocycles. The number of carboxylic acid groups (broad SMARTS) is 1. The first-order valence-corrected chi connectivity index (χ1v) is 12.9. The number of rotatable bonds is 12. The number of hydrogen-bond acceptors (Lipinski definition) is 4. The van der Waals surface area contributed by atoms with Crippen LogP contribution in [0.4, 0.5) is 5.69 Å². The first kappa shape index (κ1) is 26.6. The first-order valence-electron chi connectivity index (χ1n) is 12.9. The lowest BCUT2D eigenvalue weighted by molar-refractivity contribution is -0.148. The second-order valence-corrected chi connectivity index (χ2v) is 10.2. The number of carboxylic acids is 1. The van der Waals surface area contributed by atoms with Gasteiger partial charge in [0.1, 0.15) is 12.4 Å². The molecule has 1 atom stereocenters. The highest BCUT2D eigenvalue weighted by Crippen LogP contribution is 2.31. The maximum absolute atomic E-state index is 13.0. The zero-order valence-corrected chi connectivity index (χ0v) is 21.4. The van der Waals surface area contributed by atoms with Crippen molar-refractivity contribution < 1.29 is 19.4 Å². The van der Waals surface area contributed by atoms with Crippen LogP contribution in [0.2, 0.25) is 0 Å². The number of hydrogen-bond donors (Lipinski definition) is 2. The highest BCUT2D eigenvalue weighted by molar-refractivity contribution is 5.79. The molecule has 1 amide bonds. The third-order valence-corrected chi connectivity index (χ3v) is 6.66. The van der Waals surface area contributed by atoms with Crippen molar-refractivity contribution in [2.45, 2.75) is 71.8 Å². The van der Waals surface area contributed by atoms with Crippen LogP contribution < -0.4 is 15.0 Å². The highest BCUT2D eigenvalue weighted by Gasteiger charge is 2.28. The standard InChI is InChI=1S/C29H40N2O4/c1-4-5-12-25(24-11-7-8-13-26(24)31-18-9-6-10-19-31)30-27(32)20-22-14-16-23(17-15-22)35-21-29(2,3)28(33)34/h7-8,11,13-17,25H,4-6,9-10,12,18-21H2,1-3H3,(H,30,32)(H,33,34). The van der Waals surface area contributed by atoms with Crippen LogP contribution in [0, 0.1) is 5.41 Å². The maximum Gasteiger partial charge on any atom is 0.312 e. The number of nitrogens with one attached hydrogen (secondary N) is 1. The molecule has 3 rings (SSSR count). The molecule has 6 nitrogen and oxygen atoms in total. The minimum absolute atomic E-state index is 0.000212. The third kappa shape index (κ3) is 7.74. The summed E-state index contributed by atoms with van der Waals surface area (Å²) < 4.78 is 5.64. The summed E-state index contributed by atoms with van der Waals surface area (Å²) in [6.45, 7) is 7.67. The van der Waals surface area contributed by atoms with Gasteiger partial charge >= 0.3 is 5.97 Å². The van der Waals surface area contributed by atoms with E-state index in [0.29, 0.717) is 5.75 Å². The number of carbonyl (C=O) groups is 2. The summed E-state index contributed by atoms with van der Waals surface area (Å²) in [5.41, 5.74) is 2.39. The van der Waals surface area contributed by atoms with Crippen LogP contribution in [0.5, 0.6) is 5.75 Å². The van der Waals surface area contributed by atoms with E-state index >= 15 is 0 Å². The summed E-state index contributed by atoms with van der Waals surface area (Å²) in [6.07, 6.45) is 7.06. The minimum atomic E-state index is -0.962. The smallest absolute Gasteiger partial charge is 0.312 e. The Labute approximate surface area is 209 Å². The molecule has 0 saturated carbocycles. The second kappa shape index (κ2) is 12.6. The molecule has 2 aromatic rings. The predicted octanol–water partition coefficient (Wildman–Crippen LogP) is 5.76. The van der Waals surface area contributed by atoms with E-state index in [4.69, 9.17) is 4.74 Å².